The number of ether oxygens (including phenoxy) is 1. The zero-order chi connectivity index (χ0) is 15.2. The SMILES string of the molecule is Cc1nc(N2CCOC3(CCc4ccccc43)C2)ccc1Br. The number of hydrogen-bond acceptors (Lipinski definition) is 3. The van der Waals surface area contributed by atoms with Crippen molar-refractivity contribution in [2.45, 2.75) is 25.4 Å². The van der Waals surface area contributed by atoms with Gasteiger partial charge in [0.05, 0.1) is 18.8 Å². The quantitative estimate of drug-likeness (QED) is 0.774. The van der Waals surface area contributed by atoms with Gasteiger partial charge in [0.25, 0.3) is 0 Å². The molecular weight excluding hydrogens is 340 g/mol. The van der Waals surface area contributed by atoms with Gasteiger partial charge in [-0.3, -0.25) is 0 Å². The second-order valence-electron chi connectivity index (χ2n) is 6.16. The predicted octanol–water partition coefficient (Wildman–Crippen LogP) is 3.83. The van der Waals surface area contributed by atoms with Gasteiger partial charge in [-0.1, -0.05) is 24.3 Å². The van der Waals surface area contributed by atoms with Crippen molar-refractivity contribution in [3.05, 3.63) is 57.7 Å². The zero-order valence-electron chi connectivity index (χ0n) is 12.7. The van der Waals surface area contributed by atoms with Crippen LogP contribution in [0.5, 0.6) is 0 Å². The van der Waals surface area contributed by atoms with Crippen molar-refractivity contribution >= 4 is 21.7 Å². The van der Waals surface area contributed by atoms with Crippen LogP contribution in [0.3, 0.4) is 0 Å². The lowest BCUT2D eigenvalue weighted by Gasteiger charge is -2.41. The molecule has 1 atom stereocenters. The van der Waals surface area contributed by atoms with Gasteiger partial charge in [0.1, 0.15) is 11.4 Å². The molecule has 2 aliphatic rings. The van der Waals surface area contributed by atoms with Crippen molar-refractivity contribution in [2.75, 3.05) is 24.6 Å². The van der Waals surface area contributed by atoms with Crippen LogP contribution in [0.1, 0.15) is 23.2 Å². The van der Waals surface area contributed by atoms with E-state index in [1.165, 1.54) is 11.1 Å². The van der Waals surface area contributed by atoms with Crippen LogP contribution in [-0.2, 0) is 16.8 Å². The van der Waals surface area contributed by atoms with Gasteiger partial charge in [0.15, 0.2) is 0 Å². The monoisotopic (exact) mass is 358 g/mol. The van der Waals surface area contributed by atoms with E-state index in [9.17, 15) is 0 Å². The number of rotatable bonds is 1. The van der Waals surface area contributed by atoms with Crippen LogP contribution in [0.4, 0.5) is 5.82 Å². The van der Waals surface area contributed by atoms with E-state index in [1.54, 1.807) is 0 Å². The number of aromatic nitrogens is 1. The molecule has 0 amide bonds. The van der Waals surface area contributed by atoms with Gasteiger partial charge in [-0.15, -0.1) is 0 Å². The summed E-state index contributed by atoms with van der Waals surface area (Å²) in [6, 6.07) is 12.9. The van der Waals surface area contributed by atoms with Crippen LogP contribution in [0, 0.1) is 6.92 Å². The van der Waals surface area contributed by atoms with E-state index in [4.69, 9.17) is 9.72 Å². The summed E-state index contributed by atoms with van der Waals surface area (Å²) in [6.45, 7) is 4.58. The Morgan fingerprint density at radius 1 is 1.23 bits per heavy atom. The van der Waals surface area contributed by atoms with E-state index >= 15 is 0 Å². The van der Waals surface area contributed by atoms with Gasteiger partial charge in [-0.25, -0.2) is 4.98 Å². The second kappa shape index (κ2) is 5.36. The van der Waals surface area contributed by atoms with Gasteiger partial charge in [-0.05, 0) is 59.0 Å². The highest BCUT2D eigenvalue weighted by Gasteiger charge is 2.43. The molecule has 2 heterocycles. The summed E-state index contributed by atoms with van der Waals surface area (Å²) in [4.78, 5) is 7.10. The first-order valence-corrected chi connectivity index (χ1v) is 8.58. The summed E-state index contributed by atoms with van der Waals surface area (Å²) in [7, 11) is 0. The zero-order valence-corrected chi connectivity index (χ0v) is 14.3. The highest BCUT2D eigenvalue weighted by Crippen LogP contribution is 2.42. The van der Waals surface area contributed by atoms with E-state index in [2.05, 4.69) is 57.2 Å². The Morgan fingerprint density at radius 3 is 2.95 bits per heavy atom. The van der Waals surface area contributed by atoms with E-state index in [0.717, 1.165) is 48.5 Å². The minimum absolute atomic E-state index is 0.155. The van der Waals surface area contributed by atoms with Crippen LogP contribution in [-0.4, -0.2) is 24.7 Å². The number of benzene rings is 1. The molecule has 1 aromatic heterocycles. The number of morpholine rings is 1. The highest BCUT2D eigenvalue weighted by atomic mass is 79.9. The summed E-state index contributed by atoms with van der Waals surface area (Å²) < 4.78 is 7.34. The number of anilines is 1. The molecule has 22 heavy (non-hydrogen) atoms. The van der Waals surface area contributed by atoms with Crippen molar-refractivity contribution in [1.29, 1.82) is 0 Å². The number of aryl methyl sites for hydroxylation is 2. The van der Waals surface area contributed by atoms with Crippen molar-refractivity contribution < 1.29 is 4.74 Å². The molecule has 0 saturated carbocycles. The van der Waals surface area contributed by atoms with E-state index < -0.39 is 0 Å². The Balaban J connectivity index is 1.67. The second-order valence-corrected chi connectivity index (χ2v) is 7.01. The van der Waals surface area contributed by atoms with Gasteiger partial charge in [0.2, 0.25) is 0 Å². The summed E-state index contributed by atoms with van der Waals surface area (Å²) in [5, 5.41) is 0. The molecule has 4 rings (SSSR count). The lowest BCUT2D eigenvalue weighted by atomic mass is 9.93. The van der Waals surface area contributed by atoms with E-state index in [1.807, 2.05) is 6.92 Å². The largest absolute Gasteiger partial charge is 0.367 e. The molecule has 0 radical (unpaired) electrons. The predicted molar refractivity (Wildman–Crippen MR) is 91.3 cm³/mol. The molecule has 1 unspecified atom stereocenters. The molecule has 1 spiro atoms. The summed E-state index contributed by atoms with van der Waals surface area (Å²) >= 11 is 3.53. The van der Waals surface area contributed by atoms with Crippen LogP contribution in [0.15, 0.2) is 40.9 Å². The maximum absolute atomic E-state index is 6.28. The number of nitrogens with zero attached hydrogens (tertiary/aromatic N) is 2. The van der Waals surface area contributed by atoms with Crippen molar-refractivity contribution in [1.82, 2.24) is 4.98 Å². The standard InChI is InChI=1S/C18H19BrN2O/c1-13-16(19)6-7-17(20-13)21-10-11-22-18(12-21)9-8-14-4-2-3-5-15(14)18/h2-7H,8-12H2,1H3. The molecule has 2 aromatic rings. The fourth-order valence-electron chi connectivity index (χ4n) is 3.65. The maximum Gasteiger partial charge on any atom is 0.129 e. The normalized spacial score (nSPS) is 23.8. The van der Waals surface area contributed by atoms with Gasteiger partial charge in [-0.2, -0.15) is 0 Å². The van der Waals surface area contributed by atoms with E-state index in [-0.39, 0.29) is 5.60 Å². The maximum atomic E-state index is 6.28. The van der Waals surface area contributed by atoms with Crippen molar-refractivity contribution in [2.24, 2.45) is 0 Å². The Morgan fingerprint density at radius 2 is 2.09 bits per heavy atom. The minimum Gasteiger partial charge on any atom is -0.367 e. The van der Waals surface area contributed by atoms with Crippen LogP contribution in [0.2, 0.25) is 0 Å². The third-order valence-electron chi connectivity index (χ3n) is 4.82. The van der Waals surface area contributed by atoms with Gasteiger partial charge < -0.3 is 9.64 Å². The molecule has 1 aliphatic heterocycles. The fraction of sp³-hybridized carbons (Fsp3) is 0.389. The molecule has 1 fully saturated rings. The topological polar surface area (TPSA) is 25.4 Å². The first kappa shape index (κ1) is 14.2. The molecular formula is C18H19BrN2O. The smallest absolute Gasteiger partial charge is 0.129 e. The van der Waals surface area contributed by atoms with Gasteiger partial charge >= 0.3 is 0 Å². The fourth-order valence-corrected chi connectivity index (χ4v) is 3.88. The minimum atomic E-state index is -0.155. The average Bonchev–Trinajstić information content (AvgIpc) is 2.89. The average molecular weight is 359 g/mol. The van der Waals surface area contributed by atoms with E-state index in [0.29, 0.717) is 0 Å². The lowest BCUT2D eigenvalue weighted by molar-refractivity contribution is -0.0594. The number of hydrogen-bond donors (Lipinski definition) is 0. The summed E-state index contributed by atoms with van der Waals surface area (Å²) in [6.07, 6.45) is 2.18. The molecule has 1 saturated heterocycles. The molecule has 4 heteroatoms. The van der Waals surface area contributed by atoms with Crippen LogP contribution in [0.25, 0.3) is 0 Å². The third kappa shape index (κ3) is 2.25. The molecule has 0 N–H and O–H groups in total. The number of halogens is 1. The molecule has 114 valence electrons. The first-order chi connectivity index (χ1) is 10.7. The van der Waals surface area contributed by atoms with Crippen molar-refractivity contribution in [3.63, 3.8) is 0 Å². The molecule has 1 aliphatic carbocycles. The summed E-state index contributed by atoms with van der Waals surface area (Å²) in [5.74, 6) is 1.05. The third-order valence-corrected chi connectivity index (χ3v) is 5.66. The Hall–Kier alpha value is -1.39. The lowest BCUT2D eigenvalue weighted by Crippen LogP contribution is -2.49. The number of pyridine rings is 1. The highest BCUT2D eigenvalue weighted by molar-refractivity contribution is 9.10. The molecule has 1 aromatic carbocycles. The summed E-state index contributed by atoms with van der Waals surface area (Å²) in [5.41, 5.74) is 3.68. The Labute approximate surface area is 139 Å². The van der Waals surface area contributed by atoms with Crippen molar-refractivity contribution in [3.8, 4) is 0 Å². The number of fused-ring (bicyclic) bond motifs is 2. The molecule has 0 bridgehead atoms. The van der Waals surface area contributed by atoms with Crippen LogP contribution >= 0.6 is 15.9 Å². The Bertz CT molecular complexity index is 714. The molecule has 3 nitrogen and oxygen atoms in total. The first-order valence-electron chi connectivity index (χ1n) is 7.78. The van der Waals surface area contributed by atoms with Crippen LogP contribution < -0.4 is 4.90 Å². The Kier molecular flexibility index (Phi) is 3.46. The van der Waals surface area contributed by atoms with Gasteiger partial charge in [0, 0.05) is 11.0 Å².